The molecule has 0 spiro atoms. The van der Waals surface area contributed by atoms with Crippen LogP contribution in [0.4, 0.5) is 0 Å². The van der Waals surface area contributed by atoms with E-state index >= 15 is 0 Å². The predicted octanol–water partition coefficient (Wildman–Crippen LogP) is 5.67. The Kier molecular flexibility index (Phi) is 6.80. The molecule has 32 heavy (non-hydrogen) atoms. The topological polar surface area (TPSA) is 49.8 Å². The molecule has 4 nitrogen and oxygen atoms in total. The maximum absolute atomic E-state index is 12.2. The first-order chi connectivity index (χ1) is 15.0. The number of likely N-dealkylation sites (tertiary alicyclic amines) is 1. The molecule has 0 aromatic heterocycles. The molecule has 0 aromatic rings. The number of carbonyl (C=O) groups excluding carboxylic acids is 1. The van der Waals surface area contributed by atoms with Crippen LogP contribution in [-0.2, 0) is 9.53 Å². The highest BCUT2D eigenvalue weighted by molar-refractivity contribution is 5.69. The first-order valence-electron chi connectivity index (χ1n) is 13.6. The molecule has 4 aliphatic rings. The zero-order valence-electron chi connectivity index (χ0n) is 21.7. The summed E-state index contributed by atoms with van der Waals surface area (Å²) in [6.07, 6.45) is 9.93. The van der Waals surface area contributed by atoms with Gasteiger partial charge in [-0.15, -0.1) is 0 Å². The highest BCUT2D eigenvalue weighted by atomic mass is 16.6. The summed E-state index contributed by atoms with van der Waals surface area (Å²) in [7, 11) is 0. The summed E-state index contributed by atoms with van der Waals surface area (Å²) >= 11 is 0. The second kappa shape index (κ2) is 8.87. The number of esters is 1. The second-order valence-corrected chi connectivity index (χ2v) is 13.2. The molecule has 0 amide bonds. The van der Waals surface area contributed by atoms with Crippen LogP contribution >= 0.6 is 0 Å². The minimum Gasteiger partial charge on any atom is -0.460 e. The van der Waals surface area contributed by atoms with Gasteiger partial charge in [0.05, 0.1) is 6.10 Å². The van der Waals surface area contributed by atoms with Crippen molar-refractivity contribution in [3.05, 3.63) is 0 Å². The summed E-state index contributed by atoms with van der Waals surface area (Å²) in [5, 5.41) is 11.4. The van der Waals surface area contributed by atoms with Crippen molar-refractivity contribution in [2.24, 2.45) is 40.4 Å². The smallest absolute Gasteiger partial charge is 0.306 e. The fraction of sp³-hybridized carbons (Fsp3) is 0.964. The number of aliphatic hydroxyl groups is 1. The van der Waals surface area contributed by atoms with Crippen molar-refractivity contribution < 1.29 is 14.6 Å². The van der Waals surface area contributed by atoms with E-state index in [1.54, 1.807) is 0 Å². The number of hydrogen-bond donors (Lipinski definition) is 1. The van der Waals surface area contributed by atoms with E-state index in [0.29, 0.717) is 46.8 Å². The van der Waals surface area contributed by atoms with Gasteiger partial charge in [-0.05, 0) is 126 Å². The molecule has 184 valence electrons. The van der Waals surface area contributed by atoms with Crippen molar-refractivity contribution in [1.82, 2.24) is 4.90 Å². The zero-order chi connectivity index (χ0) is 23.3. The third kappa shape index (κ3) is 4.40. The van der Waals surface area contributed by atoms with Crippen molar-refractivity contribution in [2.45, 2.75) is 111 Å². The lowest BCUT2D eigenvalue weighted by Gasteiger charge is -2.62. The maximum Gasteiger partial charge on any atom is 0.306 e. The average Bonchev–Trinajstić information content (AvgIpc) is 3.03. The van der Waals surface area contributed by atoms with E-state index < -0.39 is 5.60 Å². The summed E-state index contributed by atoms with van der Waals surface area (Å²) < 4.78 is 5.52. The Morgan fingerprint density at radius 1 is 1.09 bits per heavy atom. The third-order valence-corrected chi connectivity index (χ3v) is 10.5. The Bertz CT molecular complexity index is 687. The highest BCUT2D eigenvalue weighted by Crippen LogP contribution is 2.67. The van der Waals surface area contributed by atoms with Gasteiger partial charge in [-0.2, -0.15) is 0 Å². The lowest BCUT2D eigenvalue weighted by molar-refractivity contribution is -0.170. The van der Waals surface area contributed by atoms with E-state index in [4.69, 9.17) is 4.74 Å². The average molecular weight is 448 g/mol. The molecule has 0 aromatic carbocycles. The molecular weight excluding hydrogens is 398 g/mol. The molecule has 0 bridgehead atoms. The van der Waals surface area contributed by atoms with E-state index in [9.17, 15) is 9.90 Å². The van der Waals surface area contributed by atoms with Crippen LogP contribution in [0.5, 0.6) is 0 Å². The molecule has 8 atom stereocenters. The van der Waals surface area contributed by atoms with Crippen LogP contribution < -0.4 is 0 Å². The number of carbonyl (C=O) groups is 1. The quantitative estimate of drug-likeness (QED) is 0.552. The molecule has 1 saturated heterocycles. The van der Waals surface area contributed by atoms with Crippen LogP contribution in [0.15, 0.2) is 0 Å². The molecule has 4 heteroatoms. The number of aliphatic hydroxyl groups excluding tert-OH is 1. The van der Waals surface area contributed by atoms with Gasteiger partial charge in [-0.3, -0.25) is 4.79 Å². The van der Waals surface area contributed by atoms with Gasteiger partial charge in [0.2, 0.25) is 0 Å². The summed E-state index contributed by atoms with van der Waals surface area (Å²) in [5.74, 6) is 3.12. The van der Waals surface area contributed by atoms with Gasteiger partial charge in [-0.1, -0.05) is 20.8 Å². The van der Waals surface area contributed by atoms with Gasteiger partial charge in [0.25, 0.3) is 0 Å². The van der Waals surface area contributed by atoms with E-state index in [-0.39, 0.29) is 12.1 Å². The number of nitrogens with zero attached hydrogens (tertiary/aromatic N) is 1. The van der Waals surface area contributed by atoms with E-state index in [1.807, 2.05) is 20.8 Å². The Morgan fingerprint density at radius 2 is 1.81 bits per heavy atom. The number of ether oxygens (including phenoxy) is 1. The first-order valence-corrected chi connectivity index (χ1v) is 13.6. The second-order valence-electron chi connectivity index (χ2n) is 13.2. The Labute approximate surface area is 196 Å². The van der Waals surface area contributed by atoms with Gasteiger partial charge >= 0.3 is 5.97 Å². The highest BCUT2D eigenvalue weighted by Gasteiger charge is 2.62. The van der Waals surface area contributed by atoms with Gasteiger partial charge in [0.15, 0.2) is 0 Å². The summed E-state index contributed by atoms with van der Waals surface area (Å²) in [6.45, 7) is 16.8. The van der Waals surface area contributed by atoms with Crippen LogP contribution in [-0.4, -0.2) is 47.3 Å². The van der Waals surface area contributed by atoms with Crippen molar-refractivity contribution >= 4 is 5.97 Å². The van der Waals surface area contributed by atoms with Crippen LogP contribution in [0.3, 0.4) is 0 Å². The molecule has 0 radical (unpaired) electrons. The molecule has 8 unspecified atom stereocenters. The van der Waals surface area contributed by atoms with Crippen LogP contribution in [0.2, 0.25) is 0 Å². The fourth-order valence-corrected chi connectivity index (χ4v) is 8.75. The SMILES string of the molecule is CCN1CCC2(C)C(CC(O)C3C4CCC(CCCC(=O)OC(C)(C)C)C4(C)CCC32)C1. The van der Waals surface area contributed by atoms with Gasteiger partial charge in [-0.25, -0.2) is 0 Å². The molecule has 1 aliphatic heterocycles. The molecule has 4 fully saturated rings. The number of rotatable bonds is 5. The Balaban J connectivity index is 1.41. The van der Waals surface area contributed by atoms with Gasteiger partial charge < -0.3 is 14.7 Å². The Morgan fingerprint density at radius 3 is 2.50 bits per heavy atom. The minimum absolute atomic E-state index is 0.0546. The zero-order valence-corrected chi connectivity index (χ0v) is 21.7. The van der Waals surface area contributed by atoms with E-state index in [1.165, 1.54) is 45.2 Å². The van der Waals surface area contributed by atoms with Gasteiger partial charge in [0, 0.05) is 13.0 Å². The van der Waals surface area contributed by atoms with Crippen molar-refractivity contribution in [3.8, 4) is 0 Å². The third-order valence-electron chi connectivity index (χ3n) is 10.5. The van der Waals surface area contributed by atoms with Crippen molar-refractivity contribution in [2.75, 3.05) is 19.6 Å². The molecule has 3 saturated carbocycles. The minimum atomic E-state index is -0.391. The maximum atomic E-state index is 12.2. The summed E-state index contributed by atoms with van der Waals surface area (Å²) in [4.78, 5) is 14.8. The van der Waals surface area contributed by atoms with E-state index in [2.05, 4.69) is 25.7 Å². The summed E-state index contributed by atoms with van der Waals surface area (Å²) in [6, 6.07) is 0. The standard InChI is InChI=1S/C28H49NO3/c1-7-29-16-15-28(6)20(18-29)17-23(30)25-21-12-11-19(27(21,5)14-13-22(25)28)9-8-10-24(31)32-26(2,3)4/h19-23,25,30H,7-18H2,1-6H3. The van der Waals surface area contributed by atoms with Crippen LogP contribution in [0, 0.1) is 40.4 Å². The number of piperidine rings is 1. The monoisotopic (exact) mass is 447 g/mol. The summed E-state index contributed by atoms with van der Waals surface area (Å²) in [5.41, 5.74) is 0.355. The Hall–Kier alpha value is -0.610. The predicted molar refractivity (Wildman–Crippen MR) is 129 cm³/mol. The molecule has 1 heterocycles. The van der Waals surface area contributed by atoms with Crippen molar-refractivity contribution in [1.29, 1.82) is 0 Å². The number of fused-ring (bicyclic) bond motifs is 5. The molecule has 4 rings (SSSR count). The lowest BCUT2D eigenvalue weighted by atomic mass is 9.45. The molecule has 1 N–H and O–H groups in total. The van der Waals surface area contributed by atoms with Crippen LogP contribution in [0.25, 0.3) is 0 Å². The number of hydrogen-bond acceptors (Lipinski definition) is 4. The normalized spacial score (nSPS) is 44.5. The van der Waals surface area contributed by atoms with Crippen LogP contribution in [0.1, 0.15) is 99.3 Å². The first kappa shape index (κ1) is 24.5. The van der Waals surface area contributed by atoms with E-state index in [0.717, 1.165) is 25.8 Å². The van der Waals surface area contributed by atoms with Crippen molar-refractivity contribution in [3.63, 3.8) is 0 Å². The largest absolute Gasteiger partial charge is 0.460 e. The fourth-order valence-electron chi connectivity index (χ4n) is 8.75. The molecular formula is C28H49NO3. The van der Waals surface area contributed by atoms with Gasteiger partial charge in [0.1, 0.15) is 5.60 Å². The molecule has 3 aliphatic carbocycles. The lowest BCUT2D eigenvalue weighted by Crippen LogP contribution is -2.61.